The molecule has 36 heavy (non-hydrogen) atoms. The van der Waals surface area contributed by atoms with Crippen molar-refractivity contribution in [3.05, 3.63) is 74.6 Å². The zero-order valence-corrected chi connectivity index (χ0v) is 23.2. The molecule has 3 aromatic rings. The predicted octanol–water partition coefficient (Wildman–Crippen LogP) is 2.94. The van der Waals surface area contributed by atoms with Gasteiger partial charge >= 0.3 is 11.9 Å². The Morgan fingerprint density at radius 2 is 2.11 bits per heavy atom. The highest BCUT2D eigenvalue weighted by Gasteiger charge is 2.33. The number of aromatic nitrogens is 1. The molecular weight excluding hydrogens is 619 g/mol. The molecule has 0 unspecified atom stereocenters. The van der Waals surface area contributed by atoms with Crippen LogP contribution in [0, 0.1) is 3.57 Å². The number of allylic oxidation sites excluding steroid dienone is 1. The van der Waals surface area contributed by atoms with Crippen molar-refractivity contribution >= 4 is 63.3 Å². The van der Waals surface area contributed by atoms with E-state index in [4.69, 9.17) is 19.3 Å². The van der Waals surface area contributed by atoms with E-state index in [0.29, 0.717) is 41.2 Å². The Morgan fingerprint density at radius 1 is 1.33 bits per heavy atom. The third-order valence-electron chi connectivity index (χ3n) is 5.22. The van der Waals surface area contributed by atoms with Crippen LogP contribution >= 0.6 is 45.3 Å². The second-order valence-electron chi connectivity index (χ2n) is 7.53. The van der Waals surface area contributed by atoms with Crippen LogP contribution in [0.25, 0.3) is 6.08 Å². The summed E-state index contributed by atoms with van der Waals surface area (Å²) >= 11 is 4.70. The number of hydrogen-bond donors (Lipinski definition) is 1. The molecule has 9 nitrogen and oxygen atoms in total. The van der Waals surface area contributed by atoms with Gasteiger partial charge in [-0.3, -0.25) is 9.36 Å². The molecule has 0 radical (unpaired) electrons. The molecule has 0 bridgehead atoms. The molecule has 0 saturated carbocycles. The fraction of sp³-hybridized carbons (Fsp3) is 0.250. The third kappa shape index (κ3) is 5.11. The minimum atomic E-state index is -1.10. The van der Waals surface area contributed by atoms with Gasteiger partial charge in [-0.25, -0.2) is 14.6 Å². The van der Waals surface area contributed by atoms with E-state index in [1.54, 1.807) is 32.1 Å². The average molecular weight is 640 g/mol. The maximum atomic E-state index is 13.6. The van der Waals surface area contributed by atoms with Gasteiger partial charge in [0.2, 0.25) is 0 Å². The Hall–Kier alpha value is -2.97. The van der Waals surface area contributed by atoms with E-state index in [1.165, 1.54) is 34.4 Å². The topological polar surface area (TPSA) is 116 Å². The van der Waals surface area contributed by atoms with Crippen molar-refractivity contribution in [1.29, 1.82) is 0 Å². The van der Waals surface area contributed by atoms with Gasteiger partial charge in [0, 0.05) is 4.88 Å². The van der Waals surface area contributed by atoms with Gasteiger partial charge in [0.25, 0.3) is 5.56 Å². The number of halogens is 1. The van der Waals surface area contributed by atoms with Crippen LogP contribution in [0.3, 0.4) is 0 Å². The molecular formula is C24H21IN2O7S2. The summed E-state index contributed by atoms with van der Waals surface area (Å²) in [6, 6.07) is 6.56. The van der Waals surface area contributed by atoms with E-state index in [-0.39, 0.29) is 12.2 Å². The summed E-state index contributed by atoms with van der Waals surface area (Å²) in [5.41, 5.74) is 1.23. The van der Waals surface area contributed by atoms with Crippen molar-refractivity contribution in [2.24, 2.45) is 4.99 Å². The van der Waals surface area contributed by atoms with Crippen molar-refractivity contribution in [2.45, 2.75) is 19.9 Å². The van der Waals surface area contributed by atoms with Gasteiger partial charge in [-0.2, -0.15) is 0 Å². The van der Waals surface area contributed by atoms with E-state index in [0.717, 1.165) is 4.88 Å². The van der Waals surface area contributed by atoms with E-state index in [2.05, 4.69) is 4.99 Å². The van der Waals surface area contributed by atoms with Crippen molar-refractivity contribution in [3.63, 3.8) is 0 Å². The molecule has 1 aliphatic heterocycles. The van der Waals surface area contributed by atoms with Gasteiger partial charge in [0.15, 0.2) is 22.9 Å². The maximum absolute atomic E-state index is 13.6. The number of thiophene rings is 1. The maximum Gasteiger partial charge on any atom is 0.341 e. The molecule has 0 aliphatic carbocycles. The number of hydrogen-bond acceptors (Lipinski definition) is 9. The molecule has 2 aromatic heterocycles. The number of esters is 1. The minimum absolute atomic E-state index is 0.212. The highest BCUT2D eigenvalue weighted by molar-refractivity contribution is 14.1. The number of rotatable bonds is 8. The fourth-order valence-corrected chi connectivity index (χ4v) is 6.41. The van der Waals surface area contributed by atoms with Crippen molar-refractivity contribution in [3.8, 4) is 11.5 Å². The second-order valence-corrected chi connectivity index (χ2v) is 10.7. The SMILES string of the molecule is CCOC(=O)C1=C(C)N=c2s/c(=C\c3cc(I)c(OCC(=O)O)c(OC)c3)c(=O)n2[C@H]1c1cccs1. The normalized spacial score (nSPS) is 15.3. The lowest BCUT2D eigenvalue weighted by atomic mass is 10.0. The number of methoxy groups -OCH3 is 1. The predicted molar refractivity (Wildman–Crippen MR) is 144 cm³/mol. The van der Waals surface area contributed by atoms with Crippen LogP contribution in [0.1, 0.15) is 30.3 Å². The Labute approximate surface area is 227 Å². The summed E-state index contributed by atoms with van der Waals surface area (Å²) in [7, 11) is 1.46. The van der Waals surface area contributed by atoms with Gasteiger partial charge in [-0.15, -0.1) is 11.3 Å². The third-order valence-corrected chi connectivity index (χ3v) is 7.93. The summed E-state index contributed by atoms with van der Waals surface area (Å²) in [6.07, 6.45) is 1.71. The smallest absolute Gasteiger partial charge is 0.341 e. The zero-order valence-electron chi connectivity index (χ0n) is 19.4. The minimum Gasteiger partial charge on any atom is -0.493 e. The number of carbonyl (C=O) groups is 2. The Morgan fingerprint density at radius 3 is 2.75 bits per heavy atom. The first-order valence-corrected chi connectivity index (χ1v) is 13.5. The van der Waals surface area contributed by atoms with E-state index in [1.807, 2.05) is 40.1 Å². The van der Waals surface area contributed by atoms with Crippen molar-refractivity contribution < 1.29 is 28.9 Å². The first-order chi connectivity index (χ1) is 17.2. The van der Waals surface area contributed by atoms with Crippen molar-refractivity contribution in [1.82, 2.24) is 4.57 Å². The van der Waals surface area contributed by atoms with E-state index < -0.39 is 24.6 Å². The number of carbonyl (C=O) groups excluding carboxylic acids is 1. The summed E-state index contributed by atoms with van der Waals surface area (Å²) in [5, 5.41) is 10.8. The van der Waals surface area contributed by atoms with Gasteiger partial charge in [-0.05, 0) is 71.7 Å². The quantitative estimate of drug-likeness (QED) is 0.298. The molecule has 188 valence electrons. The molecule has 1 N–H and O–H groups in total. The van der Waals surface area contributed by atoms with Gasteiger partial charge in [0.05, 0.1) is 33.1 Å². The van der Waals surface area contributed by atoms with Gasteiger partial charge in [-0.1, -0.05) is 17.4 Å². The number of fused-ring (bicyclic) bond motifs is 1. The summed E-state index contributed by atoms with van der Waals surface area (Å²) < 4.78 is 18.6. The van der Waals surface area contributed by atoms with Gasteiger partial charge < -0.3 is 19.3 Å². The molecule has 0 fully saturated rings. The standard InChI is InChI=1S/C24H21IN2O7S2/c1-4-33-23(31)19-12(2)26-24-27(20(19)16-6-5-7-35-16)22(30)17(36-24)10-13-8-14(25)21(15(9-13)32-3)34-11-18(28)29/h5-10,20H,4,11H2,1-3H3,(H,28,29)/b17-10-/t20-/m0/s1. The molecule has 1 atom stereocenters. The van der Waals surface area contributed by atoms with Crippen LogP contribution < -0.4 is 24.4 Å². The lowest BCUT2D eigenvalue weighted by molar-refractivity contribution is -0.140. The zero-order chi connectivity index (χ0) is 26.0. The van der Waals surface area contributed by atoms with E-state index >= 15 is 0 Å². The largest absolute Gasteiger partial charge is 0.493 e. The van der Waals surface area contributed by atoms with Crippen LogP contribution in [-0.2, 0) is 14.3 Å². The highest BCUT2D eigenvalue weighted by Crippen LogP contribution is 2.35. The highest BCUT2D eigenvalue weighted by atomic mass is 127. The summed E-state index contributed by atoms with van der Waals surface area (Å²) in [6.45, 7) is 3.18. The van der Waals surface area contributed by atoms with E-state index in [9.17, 15) is 14.4 Å². The Balaban J connectivity index is 1.85. The van der Waals surface area contributed by atoms with Crippen LogP contribution in [0.2, 0.25) is 0 Å². The molecule has 1 aliphatic rings. The van der Waals surface area contributed by atoms with Crippen LogP contribution in [-0.4, -0.2) is 41.9 Å². The summed E-state index contributed by atoms with van der Waals surface area (Å²) in [5.74, 6) is -0.941. The first kappa shape index (κ1) is 26.1. The average Bonchev–Trinajstić information content (AvgIpc) is 3.46. The molecule has 3 heterocycles. The molecule has 0 saturated heterocycles. The molecule has 12 heteroatoms. The Kier molecular flexibility index (Phi) is 7.95. The first-order valence-electron chi connectivity index (χ1n) is 10.7. The van der Waals surface area contributed by atoms with Crippen LogP contribution in [0.4, 0.5) is 0 Å². The molecule has 0 amide bonds. The lowest BCUT2D eigenvalue weighted by Crippen LogP contribution is -2.39. The number of carboxylic acids is 1. The number of aliphatic carboxylic acids is 1. The fourth-order valence-electron chi connectivity index (χ4n) is 3.76. The number of nitrogens with zero attached hydrogens (tertiary/aromatic N) is 2. The van der Waals surface area contributed by atoms with Crippen LogP contribution in [0.15, 0.2) is 50.7 Å². The molecule has 0 spiro atoms. The lowest BCUT2D eigenvalue weighted by Gasteiger charge is -2.23. The monoisotopic (exact) mass is 640 g/mol. The number of benzene rings is 1. The second kappa shape index (κ2) is 11.0. The van der Waals surface area contributed by atoms with Crippen LogP contribution in [0.5, 0.6) is 11.5 Å². The number of thiazole rings is 1. The molecule has 4 rings (SSSR count). The molecule has 1 aromatic carbocycles. The van der Waals surface area contributed by atoms with Gasteiger partial charge in [0.1, 0.15) is 6.04 Å². The summed E-state index contributed by atoms with van der Waals surface area (Å²) in [4.78, 5) is 43.3. The Bertz CT molecular complexity index is 1540. The number of carboxylic acid groups (broad SMARTS) is 1. The number of ether oxygens (including phenoxy) is 3. The van der Waals surface area contributed by atoms with Crippen molar-refractivity contribution in [2.75, 3.05) is 20.3 Å².